The van der Waals surface area contributed by atoms with Gasteiger partial charge in [-0.15, -0.1) is 0 Å². The second-order valence-electron chi connectivity index (χ2n) is 4.36. The van der Waals surface area contributed by atoms with E-state index in [9.17, 15) is 0 Å². The highest BCUT2D eigenvalue weighted by molar-refractivity contribution is 6.30. The Kier molecular flexibility index (Phi) is 4.35. The molecule has 0 spiro atoms. The van der Waals surface area contributed by atoms with Crippen LogP contribution in [0.3, 0.4) is 0 Å². The van der Waals surface area contributed by atoms with Gasteiger partial charge in [-0.25, -0.2) is 9.97 Å². The molecule has 1 aromatic heterocycles. The lowest BCUT2D eigenvalue weighted by molar-refractivity contribution is 0.395. The van der Waals surface area contributed by atoms with Gasteiger partial charge in [0.2, 0.25) is 5.88 Å². The highest BCUT2D eigenvalue weighted by Gasteiger charge is 2.12. The third kappa shape index (κ3) is 3.43. The minimum absolute atomic E-state index is 0.154. The van der Waals surface area contributed by atoms with E-state index in [2.05, 4.69) is 9.97 Å². The normalized spacial score (nSPS) is 12.2. The van der Waals surface area contributed by atoms with Crippen LogP contribution in [0.5, 0.6) is 5.88 Å². The Bertz CT molecular complexity index is 574. The van der Waals surface area contributed by atoms with Crippen molar-refractivity contribution in [3.05, 3.63) is 52.4 Å². The van der Waals surface area contributed by atoms with Crippen molar-refractivity contribution in [1.29, 1.82) is 0 Å². The summed E-state index contributed by atoms with van der Waals surface area (Å²) in [5, 5.41) is 0.691. The second-order valence-corrected chi connectivity index (χ2v) is 4.80. The first-order valence-electron chi connectivity index (χ1n) is 5.96. The average Bonchev–Trinajstić information content (AvgIpc) is 2.41. The van der Waals surface area contributed by atoms with Crippen LogP contribution in [0.1, 0.15) is 22.9 Å². The molecule has 0 bridgehead atoms. The van der Waals surface area contributed by atoms with Crippen LogP contribution in [0.4, 0.5) is 0 Å². The maximum absolute atomic E-state index is 6.23. The summed E-state index contributed by atoms with van der Waals surface area (Å²) in [5.74, 6) is 0.542. The maximum atomic E-state index is 6.23. The third-order valence-electron chi connectivity index (χ3n) is 2.98. The fraction of sp³-hybridized carbons (Fsp3) is 0.286. The molecule has 2 N–H and O–H groups in total. The zero-order valence-electron chi connectivity index (χ0n) is 10.9. The molecule has 0 saturated heterocycles. The van der Waals surface area contributed by atoms with Gasteiger partial charge in [0.1, 0.15) is 6.33 Å². The summed E-state index contributed by atoms with van der Waals surface area (Å²) in [6, 6.07) is 7.37. The van der Waals surface area contributed by atoms with Crippen LogP contribution in [0.2, 0.25) is 5.02 Å². The fourth-order valence-corrected chi connectivity index (χ4v) is 2.13. The summed E-state index contributed by atoms with van der Waals surface area (Å²) >= 11 is 6.01. The van der Waals surface area contributed by atoms with Crippen LogP contribution in [0.25, 0.3) is 0 Å². The van der Waals surface area contributed by atoms with Gasteiger partial charge < -0.3 is 10.5 Å². The zero-order valence-corrected chi connectivity index (χ0v) is 11.7. The van der Waals surface area contributed by atoms with Crippen molar-refractivity contribution in [2.24, 2.45) is 5.73 Å². The van der Waals surface area contributed by atoms with Gasteiger partial charge in [0, 0.05) is 29.2 Å². The molecule has 1 aromatic carbocycles. The SMILES string of the molecule is COc1cc(CC(N)c2cc(Cl)ccc2C)ncn1. The van der Waals surface area contributed by atoms with Crippen molar-refractivity contribution < 1.29 is 4.74 Å². The summed E-state index contributed by atoms with van der Waals surface area (Å²) in [7, 11) is 1.58. The minimum atomic E-state index is -0.154. The number of aryl methyl sites for hydroxylation is 1. The van der Waals surface area contributed by atoms with Crippen molar-refractivity contribution in [2.45, 2.75) is 19.4 Å². The number of rotatable bonds is 4. The molecule has 5 heteroatoms. The molecule has 100 valence electrons. The predicted molar refractivity (Wildman–Crippen MR) is 75.4 cm³/mol. The van der Waals surface area contributed by atoms with E-state index in [0.29, 0.717) is 17.3 Å². The van der Waals surface area contributed by atoms with Gasteiger partial charge in [-0.2, -0.15) is 0 Å². The van der Waals surface area contributed by atoms with Crippen LogP contribution in [-0.2, 0) is 6.42 Å². The summed E-state index contributed by atoms with van der Waals surface area (Å²) in [6.45, 7) is 2.02. The van der Waals surface area contributed by atoms with E-state index in [4.69, 9.17) is 22.1 Å². The first-order chi connectivity index (χ1) is 9.10. The predicted octanol–water partition coefficient (Wildman–Crippen LogP) is 2.69. The zero-order chi connectivity index (χ0) is 13.8. The lowest BCUT2D eigenvalue weighted by Gasteiger charge is -2.15. The molecule has 0 aliphatic rings. The molecular formula is C14H16ClN3O. The lowest BCUT2D eigenvalue weighted by atomic mass is 9.98. The molecule has 0 fully saturated rings. The molecule has 2 aromatic rings. The number of benzene rings is 1. The molecule has 0 saturated carbocycles. The summed E-state index contributed by atoms with van der Waals surface area (Å²) < 4.78 is 5.07. The van der Waals surface area contributed by atoms with E-state index >= 15 is 0 Å². The molecule has 0 aliphatic carbocycles. The van der Waals surface area contributed by atoms with Crippen LogP contribution in [0, 0.1) is 6.92 Å². The Labute approximate surface area is 117 Å². The molecule has 4 nitrogen and oxygen atoms in total. The van der Waals surface area contributed by atoms with Crippen molar-refractivity contribution in [1.82, 2.24) is 9.97 Å². The third-order valence-corrected chi connectivity index (χ3v) is 3.21. The average molecular weight is 278 g/mol. The molecule has 2 rings (SSSR count). The van der Waals surface area contributed by atoms with Crippen molar-refractivity contribution in [2.75, 3.05) is 7.11 Å². The highest BCUT2D eigenvalue weighted by atomic mass is 35.5. The Morgan fingerprint density at radius 1 is 1.32 bits per heavy atom. The number of methoxy groups -OCH3 is 1. The molecular weight excluding hydrogens is 262 g/mol. The van der Waals surface area contributed by atoms with Gasteiger partial charge in [-0.3, -0.25) is 0 Å². The van der Waals surface area contributed by atoms with E-state index in [0.717, 1.165) is 16.8 Å². The standard InChI is InChI=1S/C14H16ClN3O/c1-9-3-4-10(15)5-12(9)13(16)6-11-7-14(19-2)18-8-17-11/h3-5,7-8,13H,6,16H2,1-2H3. The molecule has 1 unspecified atom stereocenters. The van der Waals surface area contributed by atoms with E-state index < -0.39 is 0 Å². The lowest BCUT2D eigenvalue weighted by Crippen LogP contribution is -2.15. The molecule has 19 heavy (non-hydrogen) atoms. The molecule has 0 aliphatic heterocycles. The van der Waals surface area contributed by atoms with Crippen LogP contribution < -0.4 is 10.5 Å². The van der Waals surface area contributed by atoms with Gasteiger partial charge in [-0.05, 0) is 30.2 Å². The number of ether oxygens (including phenoxy) is 1. The van der Waals surface area contributed by atoms with E-state index in [1.807, 2.05) is 25.1 Å². The molecule has 1 atom stereocenters. The van der Waals surface area contributed by atoms with Crippen molar-refractivity contribution in [3.63, 3.8) is 0 Å². The van der Waals surface area contributed by atoms with E-state index in [-0.39, 0.29) is 6.04 Å². The molecule has 1 heterocycles. The summed E-state index contributed by atoms with van der Waals surface area (Å²) in [4.78, 5) is 8.18. The first kappa shape index (κ1) is 13.8. The van der Waals surface area contributed by atoms with Gasteiger partial charge in [-0.1, -0.05) is 17.7 Å². The number of nitrogens with two attached hydrogens (primary N) is 1. The number of aromatic nitrogens is 2. The van der Waals surface area contributed by atoms with Crippen LogP contribution in [0.15, 0.2) is 30.6 Å². The van der Waals surface area contributed by atoms with Crippen LogP contribution in [-0.4, -0.2) is 17.1 Å². The second kappa shape index (κ2) is 5.99. The topological polar surface area (TPSA) is 61.0 Å². The largest absolute Gasteiger partial charge is 0.481 e. The minimum Gasteiger partial charge on any atom is -0.481 e. The van der Waals surface area contributed by atoms with Gasteiger partial charge in [0.05, 0.1) is 7.11 Å². The first-order valence-corrected chi connectivity index (χ1v) is 6.34. The Balaban J connectivity index is 2.20. The fourth-order valence-electron chi connectivity index (χ4n) is 1.95. The number of halogens is 1. The van der Waals surface area contributed by atoms with E-state index in [1.54, 1.807) is 13.2 Å². The van der Waals surface area contributed by atoms with Gasteiger partial charge in [0.15, 0.2) is 0 Å². The van der Waals surface area contributed by atoms with Gasteiger partial charge >= 0.3 is 0 Å². The van der Waals surface area contributed by atoms with Crippen LogP contribution >= 0.6 is 11.6 Å². The molecule has 0 radical (unpaired) electrons. The Morgan fingerprint density at radius 3 is 2.84 bits per heavy atom. The van der Waals surface area contributed by atoms with Crippen molar-refractivity contribution >= 4 is 11.6 Å². The number of hydrogen-bond acceptors (Lipinski definition) is 4. The quantitative estimate of drug-likeness (QED) is 0.933. The summed E-state index contributed by atoms with van der Waals surface area (Å²) in [5.41, 5.74) is 9.23. The highest BCUT2D eigenvalue weighted by Crippen LogP contribution is 2.23. The monoisotopic (exact) mass is 277 g/mol. The summed E-state index contributed by atoms with van der Waals surface area (Å²) in [6.07, 6.45) is 2.09. The number of hydrogen-bond donors (Lipinski definition) is 1. The van der Waals surface area contributed by atoms with E-state index in [1.165, 1.54) is 6.33 Å². The maximum Gasteiger partial charge on any atom is 0.216 e. The van der Waals surface area contributed by atoms with Crippen molar-refractivity contribution in [3.8, 4) is 5.88 Å². The smallest absolute Gasteiger partial charge is 0.216 e. The van der Waals surface area contributed by atoms with Gasteiger partial charge in [0.25, 0.3) is 0 Å². The Hall–Kier alpha value is -1.65. The Morgan fingerprint density at radius 2 is 2.11 bits per heavy atom. The molecule has 0 amide bonds. The number of nitrogens with zero attached hydrogens (tertiary/aromatic N) is 2.